The number of benzene rings is 2. The highest BCUT2D eigenvalue weighted by atomic mass is 32.2. The maximum absolute atomic E-state index is 14.0. The second-order valence-electron chi connectivity index (χ2n) is 9.53. The van der Waals surface area contributed by atoms with Crippen molar-refractivity contribution in [2.75, 3.05) is 6.61 Å². The van der Waals surface area contributed by atoms with Crippen LogP contribution >= 0.6 is 0 Å². The lowest BCUT2D eigenvalue weighted by molar-refractivity contribution is 0.0945. The first-order chi connectivity index (χ1) is 16.7. The van der Waals surface area contributed by atoms with Gasteiger partial charge in [0.1, 0.15) is 16.3 Å². The van der Waals surface area contributed by atoms with Gasteiger partial charge in [-0.3, -0.25) is 4.79 Å². The molecule has 2 aromatic carbocycles. The van der Waals surface area contributed by atoms with E-state index in [0.717, 1.165) is 16.7 Å². The van der Waals surface area contributed by atoms with Gasteiger partial charge < -0.3 is 15.0 Å². The van der Waals surface area contributed by atoms with E-state index in [9.17, 15) is 18.8 Å². The van der Waals surface area contributed by atoms with Crippen molar-refractivity contribution in [3.05, 3.63) is 88.9 Å². The number of fused-ring (bicyclic) bond motifs is 1. The van der Waals surface area contributed by atoms with Gasteiger partial charge in [0.15, 0.2) is 0 Å². The Morgan fingerprint density at radius 3 is 2.54 bits per heavy atom. The molecule has 1 aliphatic heterocycles. The molecule has 184 valence electrons. The van der Waals surface area contributed by atoms with Crippen LogP contribution in [-0.4, -0.2) is 36.2 Å². The molecule has 2 N–H and O–H groups in total. The van der Waals surface area contributed by atoms with Crippen LogP contribution in [0, 0.1) is 5.82 Å². The molecule has 0 radical (unpaired) electrons. The number of halogens is 1. The molecule has 2 heterocycles. The van der Waals surface area contributed by atoms with E-state index in [1.54, 1.807) is 24.3 Å². The van der Waals surface area contributed by atoms with E-state index in [1.165, 1.54) is 6.07 Å². The Hall–Kier alpha value is -2.78. The Morgan fingerprint density at radius 2 is 1.89 bits per heavy atom. The smallest absolute Gasteiger partial charge is 0.270 e. The molecular formula is C27H30FN3O3S. The summed E-state index contributed by atoms with van der Waals surface area (Å²) in [4.78, 5) is 17.8. The van der Waals surface area contributed by atoms with Crippen molar-refractivity contribution in [1.82, 2.24) is 14.6 Å². The van der Waals surface area contributed by atoms with E-state index in [0.29, 0.717) is 24.2 Å². The van der Waals surface area contributed by atoms with Crippen molar-refractivity contribution < 1.29 is 18.8 Å². The van der Waals surface area contributed by atoms with Crippen molar-refractivity contribution in [1.29, 1.82) is 0 Å². The maximum atomic E-state index is 14.0. The summed E-state index contributed by atoms with van der Waals surface area (Å²) in [5.74, 6) is -0.797. The molecule has 3 aromatic rings. The average Bonchev–Trinajstić information content (AvgIpc) is 3.20. The highest BCUT2D eigenvalue weighted by Crippen LogP contribution is 2.44. The van der Waals surface area contributed by atoms with Crippen molar-refractivity contribution in [2.24, 2.45) is 0 Å². The average molecular weight is 496 g/mol. The van der Waals surface area contributed by atoms with E-state index in [-0.39, 0.29) is 30.7 Å². The number of aromatic nitrogens is 1. The topological polar surface area (TPSA) is 88.5 Å². The number of aliphatic hydroxyl groups excluding tert-OH is 1. The molecule has 0 fully saturated rings. The molecule has 35 heavy (non-hydrogen) atoms. The molecule has 1 amide bonds. The molecular weight excluding hydrogens is 465 g/mol. The summed E-state index contributed by atoms with van der Waals surface area (Å²) in [7, 11) is 0. The molecule has 0 spiro atoms. The number of carbonyl (C=O) groups excluding carboxylic acids is 1. The summed E-state index contributed by atoms with van der Waals surface area (Å²) >= 11 is -1.33. The van der Waals surface area contributed by atoms with Gasteiger partial charge in [-0.15, -0.1) is 4.31 Å². The molecule has 1 aromatic heterocycles. The minimum Gasteiger partial charge on any atom is -0.597 e. The molecule has 1 aliphatic rings. The van der Waals surface area contributed by atoms with Gasteiger partial charge in [0.05, 0.1) is 18.3 Å². The Kier molecular flexibility index (Phi) is 7.56. The Bertz CT molecular complexity index is 1200. The van der Waals surface area contributed by atoms with Crippen LogP contribution in [0.4, 0.5) is 4.39 Å². The second-order valence-corrected chi connectivity index (χ2v) is 11.7. The molecule has 0 saturated carbocycles. The fourth-order valence-corrected chi connectivity index (χ4v) is 5.71. The Morgan fingerprint density at radius 1 is 1.20 bits per heavy atom. The summed E-state index contributed by atoms with van der Waals surface area (Å²) in [6.07, 6.45) is 0.398. The first-order valence-corrected chi connectivity index (χ1v) is 12.7. The Balaban J connectivity index is 1.74. The molecule has 4 rings (SSSR count). The van der Waals surface area contributed by atoms with Gasteiger partial charge in [0.2, 0.25) is 0 Å². The fourth-order valence-electron chi connectivity index (χ4n) is 4.31. The van der Waals surface area contributed by atoms with Crippen molar-refractivity contribution >= 4 is 17.3 Å². The number of aliphatic hydroxyl groups is 1. The van der Waals surface area contributed by atoms with Gasteiger partial charge in [-0.05, 0) is 44.9 Å². The van der Waals surface area contributed by atoms with E-state index in [2.05, 4.69) is 5.32 Å². The van der Waals surface area contributed by atoms with Crippen molar-refractivity contribution in [3.63, 3.8) is 0 Å². The number of rotatable bonds is 7. The van der Waals surface area contributed by atoms with Crippen molar-refractivity contribution in [2.45, 2.75) is 51.1 Å². The Labute approximate surface area is 208 Å². The van der Waals surface area contributed by atoms with E-state index < -0.39 is 22.0 Å². The standard InChI is InChI=1S/C27H30FN3O3S/c1-27(2,3)35(34)31-17-20-15-22(26(33)29-16-19-11-7-8-12-21(19)28)30-25(18-9-5-4-6-10-18)24(20)23(31)13-14-32/h4-12,15,23,32H,13-14,16-17H2,1-3H3,(H,29,33). The lowest BCUT2D eigenvalue weighted by Gasteiger charge is -2.33. The molecule has 0 bridgehead atoms. The maximum Gasteiger partial charge on any atom is 0.270 e. The lowest BCUT2D eigenvalue weighted by Crippen LogP contribution is -2.42. The number of nitrogens with one attached hydrogen (secondary N) is 1. The highest BCUT2D eigenvalue weighted by molar-refractivity contribution is 7.90. The second kappa shape index (κ2) is 10.5. The molecule has 2 atom stereocenters. The third-order valence-corrected chi connectivity index (χ3v) is 7.83. The summed E-state index contributed by atoms with van der Waals surface area (Å²) in [5.41, 5.74) is 3.80. The van der Waals surface area contributed by atoms with Crippen LogP contribution in [0.5, 0.6) is 0 Å². The summed E-state index contributed by atoms with van der Waals surface area (Å²) in [6, 6.07) is 17.3. The van der Waals surface area contributed by atoms with Crippen LogP contribution in [0.2, 0.25) is 0 Å². The number of hydrogen-bond donors (Lipinski definition) is 2. The largest absolute Gasteiger partial charge is 0.597 e. The third-order valence-electron chi connectivity index (χ3n) is 5.97. The van der Waals surface area contributed by atoms with Gasteiger partial charge in [-0.2, -0.15) is 0 Å². The van der Waals surface area contributed by atoms with Crippen LogP contribution in [0.25, 0.3) is 11.3 Å². The number of amides is 1. The molecule has 8 heteroatoms. The van der Waals surface area contributed by atoms with Gasteiger partial charge in [0.25, 0.3) is 5.91 Å². The molecule has 2 unspecified atom stereocenters. The van der Waals surface area contributed by atoms with Crippen LogP contribution < -0.4 is 5.32 Å². The highest BCUT2D eigenvalue weighted by Gasteiger charge is 2.44. The van der Waals surface area contributed by atoms with Crippen LogP contribution in [0.1, 0.15) is 60.4 Å². The monoisotopic (exact) mass is 495 g/mol. The van der Waals surface area contributed by atoms with Gasteiger partial charge >= 0.3 is 0 Å². The number of pyridine rings is 1. The van der Waals surface area contributed by atoms with Crippen LogP contribution in [-0.2, 0) is 24.5 Å². The first kappa shape index (κ1) is 25.3. The zero-order valence-electron chi connectivity index (χ0n) is 20.1. The van der Waals surface area contributed by atoms with E-state index in [4.69, 9.17) is 4.98 Å². The number of carbonyl (C=O) groups is 1. The third kappa shape index (κ3) is 5.41. The normalized spacial score (nSPS) is 16.7. The van der Waals surface area contributed by atoms with Crippen LogP contribution in [0.15, 0.2) is 60.7 Å². The minimum absolute atomic E-state index is 0.0399. The zero-order valence-corrected chi connectivity index (χ0v) is 20.9. The first-order valence-electron chi connectivity index (χ1n) is 11.6. The predicted molar refractivity (Wildman–Crippen MR) is 135 cm³/mol. The van der Waals surface area contributed by atoms with E-state index >= 15 is 0 Å². The lowest BCUT2D eigenvalue weighted by atomic mass is 9.96. The quantitative estimate of drug-likeness (QED) is 0.471. The van der Waals surface area contributed by atoms with E-state index in [1.807, 2.05) is 55.4 Å². The molecule has 6 nitrogen and oxygen atoms in total. The SMILES string of the molecule is CC(C)(C)[S+]([O-])N1Cc2cc(C(=O)NCc3ccccc3F)nc(-c3ccccc3)c2C1CCO. The molecule has 0 aliphatic carbocycles. The van der Waals surface area contributed by atoms with Crippen molar-refractivity contribution in [3.8, 4) is 11.3 Å². The molecule has 0 saturated heterocycles. The summed E-state index contributed by atoms with van der Waals surface area (Å²) in [5, 5.41) is 12.6. The minimum atomic E-state index is -1.33. The summed E-state index contributed by atoms with van der Waals surface area (Å²) in [6.45, 7) is 6.10. The zero-order chi connectivity index (χ0) is 25.2. The van der Waals surface area contributed by atoms with Crippen LogP contribution in [0.3, 0.4) is 0 Å². The number of hydrogen-bond acceptors (Lipinski definition) is 5. The van der Waals surface area contributed by atoms with Gasteiger partial charge in [0, 0.05) is 41.2 Å². The number of nitrogens with zero attached hydrogens (tertiary/aromatic N) is 2. The fraction of sp³-hybridized carbons (Fsp3) is 0.333. The van der Waals surface area contributed by atoms with Gasteiger partial charge in [-0.1, -0.05) is 48.5 Å². The summed E-state index contributed by atoms with van der Waals surface area (Å²) < 4.78 is 28.8. The predicted octanol–water partition coefficient (Wildman–Crippen LogP) is 4.52. The van der Waals surface area contributed by atoms with Gasteiger partial charge in [-0.25, -0.2) is 9.37 Å².